The molecular formula is C14H21NO2. The van der Waals surface area contributed by atoms with Crippen LogP contribution < -0.4 is 5.32 Å². The molecular weight excluding hydrogens is 214 g/mol. The summed E-state index contributed by atoms with van der Waals surface area (Å²) in [5, 5.41) is 22.9. The Morgan fingerprint density at radius 2 is 2.00 bits per heavy atom. The van der Waals surface area contributed by atoms with Crippen molar-refractivity contribution in [3.8, 4) is 5.75 Å². The highest BCUT2D eigenvalue weighted by molar-refractivity contribution is 5.33. The highest BCUT2D eigenvalue weighted by Gasteiger charge is 2.40. The maximum absolute atomic E-state index is 10.4. The van der Waals surface area contributed by atoms with Crippen molar-refractivity contribution in [2.45, 2.75) is 37.2 Å². The Morgan fingerprint density at radius 3 is 2.59 bits per heavy atom. The summed E-state index contributed by atoms with van der Waals surface area (Å²) in [7, 11) is 1.92. The molecule has 0 heterocycles. The third-order valence-electron chi connectivity index (χ3n) is 3.92. The minimum absolute atomic E-state index is 0.194. The number of aromatic hydroxyl groups is 1. The van der Waals surface area contributed by atoms with Crippen LogP contribution in [0.1, 0.15) is 31.2 Å². The van der Waals surface area contributed by atoms with Crippen LogP contribution in [0.15, 0.2) is 24.3 Å². The highest BCUT2D eigenvalue weighted by Crippen LogP contribution is 2.39. The molecule has 0 radical (unpaired) electrons. The highest BCUT2D eigenvalue weighted by atomic mass is 16.3. The molecule has 0 aromatic heterocycles. The number of rotatable bonds is 3. The van der Waals surface area contributed by atoms with Gasteiger partial charge in [0.25, 0.3) is 0 Å². The minimum atomic E-state index is -0.298. The molecule has 3 nitrogen and oxygen atoms in total. The zero-order valence-electron chi connectivity index (χ0n) is 10.3. The first kappa shape index (κ1) is 12.4. The van der Waals surface area contributed by atoms with Gasteiger partial charge in [-0.3, -0.25) is 0 Å². The van der Waals surface area contributed by atoms with Crippen LogP contribution in [0.4, 0.5) is 0 Å². The molecule has 0 bridgehead atoms. The van der Waals surface area contributed by atoms with E-state index in [9.17, 15) is 10.2 Å². The van der Waals surface area contributed by atoms with Crippen molar-refractivity contribution in [2.75, 3.05) is 13.6 Å². The molecule has 94 valence electrons. The molecule has 1 aromatic carbocycles. The average molecular weight is 235 g/mol. The second-order valence-corrected chi connectivity index (χ2v) is 4.99. The smallest absolute Gasteiger partial charge is 0.115 e. The SMILES string of the molecule is CNC[C@@]1(c2ccc(O)cc2)CCCC[C@H]1O. The monoisotopic (exact) mass is 235 g/mol. The van der Waals surface area contributed by atoms with Gasteiger partial charge in [-0.25, -0.2) is 0 Å². The first-order chi connectivity index (χ1) is 8.19. The first-order valence-corrected chi connectivity index (χ1v) is 6.31. The van der Waals surface area contributed by atoms with Crippen molar-refractivity contribution in [3.63, 3.8) is 0 Å². The lowest BCUT2D eigenvalue weighted by Gasteiger charge is -2.42. The predicted molar refractivity (Wildman–Crippen MR) is 68.2 cm³/mol. The summed E-state index contributed by atoms with van der Waals surface area (Å²) in [6, 6.07) is 7.27. The normalized spacial score (nSPS) is 29.2. The second kappa shape index (κ2) is 5.07. The summed E-state index contributed by atoms with van der Waals surface area (Å²) in [5.41, 5.74) is 0.928. The summed E-state index contributed by atoms with van der Waals surface area (Å²) in [4.78, 5) is 0. The van der Waals surface area contributed by atoms with Crippen LogP contribution in [0.2, 0.25) is 0 Å². The summed E-state index contributed by atoms with van der Waals surface area (Å²) in [6.45, 7) is 0.777. The molecule has 2 atom stereocenters. The van der Waals surface area contributed by atoms with Gasteiger partial charge in [0.2, 0.25) is 0 Å². The van der Waals surface area contributed by atoms with E-state index in [0.717, 1.165) is 37.8 Å². The molecule has 0 unspecified atom stereocenters. The summed E-state index contributed by atoms with van der Waals surface area (Å²) in [5.74, 6) is 0.277. The van der Waals surface area contributed by atoms with Crippen LogP contribution >= 0.6 is 0 Å². The van der Waals surface area contributed by atoms with Crippen molar-refractivity contribution in [2.24, 2.45) is 0 Å². The van der Waals surface area contributed by atoms with Gasteiger partial charge in [-0.2, -0.15) is 0 Å². The van der Waals surface area contributed by atoms with E-state index in [0.29, 0.717) is 0 Å². The van der Waals surface area contributed by atoms with Gasteiger partial charge in [0.05, 0.1) is 6.10 Å². The molecule has 1 aliphatic carbocycles. The Labute approximate surface area is 102 Å². The molecule has 1 aromatic rings. The van der Waals surface area contributed by atoms with Gasteiger partial charge < -0.3 is 15.5 Å². The quantitative estimate of drug-likeness (QED) is 0.748. The van der Waals surface area contributed by atoms with Gasteiger partial charge in [0.1, 0.15) is 5.75 Å². The maximum atomic E-state index is 10.4. The van der Waals surface area contributed by atoms with Crippen LogP contribution in [-0.2, 0) is 5.41 Å². The van der Waals surface area contributed by atoms with Gasteiger partial charge in [0, 0.05) is 12.0 Å². The summed E-state index contributed by atoms with van der Waals surface area (Å²) < 4.78 is 0. The summed E-state index contributed by atoms with van der Waals surface area (Å²) in [6.07, 6.45) is 3.82. The lowest BCUT2D eigenvalue weighted by Crippen LogP contribution is -2.48. The van der Waals surface area contributed by atoms with Crippen molar-refractivity contribution in [1.29, 1.82) is 0 Å². The zero-order chi connectivity index (χ0) is 12.3. The number of hydrogen-bond donors (Lipinski definition) is 3. The van der Waals surface area contributed by atoms with Crippen LogP contribution in [0.25, 0.3) is 0 Å². The molecule has 0 spiro atoms. The van der Waals surface area contributed by atoms with E-state index in [1.54, 1.807) is 12.1 Å². The fourth-order valence-corrected chi connectivity index (χ4v) is 2.97. The molecule has 0 amide bonds. The van der Waals surface area contributed by atoms with E-state index in [4.69, 9.17) is 0 Å². The van der Waals surface area contributed by atoms with Gasteiger partial charge in [0.15, 0.2) is 0 Å². The van der Waals surface area contributed by atoms with Gasteiger partial charge in [-0.1, -0.05) is 25.0 Å². The number of hydrogen-bond acceptors (Lipinski definition) is 3. The Hall–Kier alpha value is -1.06. The van der Waals surface area contributed by atoms with Crippen LogP contribution in [-0.4, -0.2) is 29.9 Å². The third kappa shape index (κ3) is 2.31. The van der Waals surface area contributed by atoms with E-state index in [2.05, 4.69) is 5.32 Å². The average Bonchev–Trinajstić information content (AvgIpc) is 2.33. The molecule has 1 aliphatic rings. The van der Waals surface area contributed by atoms with Crippen LogP contribution in [0, 0.1) is 0 Å². The fraction of sp³-hybridized carbons (Fsp3) is 0.571. The number of likely N-dealkylation sites (N-methyl/N-ethyl adjacent to an activating group) is 1. The van der Waals surface area contributed by atoms with Crippen molar-refractivity contribution in [1.82, 2.24) is 5.32 Å². The van der Waals surface area contributed by atoms with Gasteiger partial charge in [-0.15, -0.1) is 0 Å². The number of phenolic OH excluding ortho intramolecular Hbond substituents is 1. The Morgan fingerprint density at radius 1 is 1.29 bits per heavy atom. The molecule has 1 fully saturated rings. The lowest BCUT2D eigenvalue weighted by atomic mass is 9.67. The van der Waals surface area contributed by atoms with E-state index in [1.165, 1.54) is 0 Å². The first-order valence-electron chi connectivity index (χ1n) is 6.31. The van der Waals surface area contributed by atoms with E-state index >= 15 is 0 Å². The number of aliphatic hydroxyl groups is 1. The molecule has 2 rings (SSSR count). The lowest BCUT2D eigenvalue weighted by molar-refractivity contribution is 0.0424. The van der Waals surface area contributed by atoms with E-state index in [-0.39, 0.29) is 17.3 Å². The molecule has 0 saturated heterocycles. The summed E-state index contributed by atoms with van der Waals surface area (Å²) >= 11 is 0. The van der Waals surface area contributed by atoms with E-state index < -0.39 is 0 Å². The van der Waals surface area contributed by atoms with Gasteiger partial charge >= 0.3 is 0 Å². The molecule has 3 heteroatoms. The second-order valence-electron chi connectivity index (χ2n) is 4.99. The topological polar surface area (TPSA) is 52.5 Å². The maximum Gasteiger partial charge on any atom is 0.115 e. The Kier molecular flexibility index (Phi) is 3.69. The number of aliphatic hydroxyl groups excluding tert-OH is 1. The van der Waals surface area contributed by atoms with E-state index in [1.807, 2.05) is 19.2 Å². The van der Waals surface area contributed by atoms with Gasteiger partial charge in [-0.05, 0) is 37.6 Å². The minimum Gasteiger partial charge on any atom is -0.508 e. The van der Waals surface area contributed by atoms with Crippen molar-refractivity contribution in [3.05, 3.63) is 29.8 Å². The van der Waals surface area contributed by atoms with Crippen LogP contribution in [0.5, 0.6) is 5.75 Å². The number of benzene rings is 1. The largest absolute Gasteiger partial charge is 0.508 e. The molecule has 0 aliphatic heterocycles. The molecule has 3 N–H and O–H groups in total. The number of nitrogens with one attached hydrogen (secondary N) is 1. The predicted octanol–water partition coefficient (Wildman–Crippen LogP) is 1.78. The van der Waals surface area contributed by atoms with Crippen molar-refractivity contribution >= 4 is 0 Å². The number of phenols is 1. The molecule has 1 saturated carbocycles. The standard InChI is InChI=1S/C14H21NO2/c1-15-10-14(9-3-2-4-13(14)17)11-5-7-12(16)8-6-11/h5-8,13,15-17H,2-4,9-10H2,1H3/t13-,14-/m1/s1. The van der Waals surface area contributed by atoms with Crippen molar-refractivity contribution < 1.29 is 10.2 Å². The molecule has 17 heavy (non-hydrogen) atoms. The Balaban J connectivity index is 2.35. The fourth-order valence-electron chi connectivity index (χ4n) is 2.97. The Bertz CT molecular complexity index is 359. The zero-order valence-corrected chi connectivity index (χ0v) is 10.3. The van der Waals surface area contributed by atoms with Crippen LogP contribution in [0.3, 0.4) is 0 Å². The third-order valence-corrected chi connectivity index (χ3v) is 3.92.